The predicted molar refractivity (Wildman–Crippen MR) is 280 cm³/mol. The first kappa shape index (κ1) is 52.5. The van der Waals surface area contributed by atoms with Gasteiger partial charge in [-0.15, -0.1) is 11.3 Å². The van der Waals surface area contributed by atoms with Crippen LogP contribution >= 0.6 is 22.9 Å². The molecule has 1 aliphatic rings. The van der Waals surface area contributed by atoms with Crippen molar-refractivity contribution in [3.8, 4) is 33.1 Å². The molecule has 17 heteroatoms. The number of ketones is 1. The molecular formula is C56H58ClFN6O8S. The van der Waals surface area contributed by atoms with E-state index in [4.69, 9.17) is 30.5 Å². The standard InChI is InChI=1S/C56H58ClFN6O8S/c1-35-52(73-34-62-35)39-10-8-36(9-11-39)29-59-54(67)50-28-43(65)30-64(50)55(68)47(56(2,3)4)27-44(66)32-70-21-20-69-22-23-71-45-16-12-38(13-17-45)40-14-18-49-46(25-40)53(61-33-60-49)63-42-15-19-51(48(57)26-42)72-31-37-6-5-7-41(58)24-37/h5-19,24-26,33-34,43,47,50,65H,20-23,27-32H2,1-4H3,(H,59,67)(H,60,61,63)/t43-,47-,50+/m1/s1. The SMILES string of the molecule is Cc1ncsc1-c1ccc(CNC(=O)[C@@H]2C[C@@H](O)CN2C(=O)[C@@H](CC(=O)COCCOCCOc2ccc(-c3ccc4ncnc(Nc5ccc(OCc6cccc(F)c6)c(Cl)c5)c4c3)cc2)C(C)(C)C)cc1. The molecule has 3 atom stereocenters. The van der Waals surface area contributed by atoms with Crippen LogP contribution in [0, 0.1) is 24.1 Å². The Morgan fingerprint density at radius 2 is 1.60 bits per heavy atom. The van der Waals surface area contributed by atoms with E-state index in [2.05, 4.69) is 25.6 Å². The summed E-state index contributed by atoms with van der Waals surface area (Å²) in [5.41, 5.74) is 8.20. The van der Waals surface area contributed by atoms with Gasteiger partial charge in [0, 0.05) is 42.9 Å². The lowest BCUT2D eigenvalue weighted by Crippen LogP contribution is -2.50. The van der Waals surface area contributed by atoms with Crippen LogP contribution in [-0.2, 0) is 37.0 Å². The van der Waals surface area contributed by atoms with Crippen LogP contribution in [0.4, 0.5) is 15.9 Å². The van der Waals surface area contributed by atoms with E-state index >= 15 is 0 Å². The zero-order valence-electron chi connectivity index (χ0n) is 41.1. The van der Waals surface area contributed by atoms with Crippen LogP contribution in [0.2, 0.25) is 5.02 Å². The molecule has 5 aromatic carbocycles. The number of aromatic nitrogens is 3. The van der Waals surface area contributed by atoms with Gasteiger partial charge >= 0.3 is 0 Å². The highest BCUT2D eigenvalue weighted by Gasteiger charge is 2.44. The maximum Gasteiger partial charge on any atom is 0.243 e. The minimum Gasteiger partial charge on any atom is -0.491 e. The Hall–Kier alpha value is -6.82. The molecular weight excluding hydrogens is 971 g/mol. The second-order valence-corrected chi connectivity index (χ2v) is 20.2. The summed E-state index contributed by atoms with van der Waals surface area (Å²) in [6, 6.07) is 32.2. The number of nitrogens with zero attached hydrogens (tertiary/aromatic N) is 4. The molecule has 1 fully saturated rings. The number of fused-ring (bicyclic) bond motifs is 1. The highest BCUT2D eigenvalue weighted by Crippen LogP contribution is 2.35. The van der Waals surface area contributed by atoms with Gasteiger partial charge in [-0.05, 0) is 94.8 Å². The molecule has 3 N–H and O–H groups in total. The Labute approximate surface area is 432 Å². The number of ether oxygens (including phenoxy) is 4. The summed E-state index contributed by atoms with van der Waals surface area (Å²) in [5.74, 6) is -0.256. The van der Waals surface area contributed by atoms with Crippen molar-refractivity contribution in [3.63, 3.8) is 0 Å². The minimum absolute atomic E-state index is 0.0140. The summed E-state index contributed by atoms with van der Waals surface area (Å²) in [4.78, 5) is 56.5. The number of Topliss-reactive ketones (excluding diaryl/α,β-unsaturated/α-hetero) is 1. The number of thiazole rings is 1. The summed E-state index contributed by atoms with van der Waals surface area (Å²) in [5, 5.41) is 18.1. The molecule has 1 aliphatic heterocycles. The van der Waals surface area contributed by atoms with Gasteiger partial charge < -0.3 is 39.6 Å². The number of benzene rings is 5. The van der Waals surface area contributed by atoms with Crippen molar-refractivity contribution in [2.24, 2.45) is 11.3 Å². The fraction of sp³-hybridized carbons (Fsp3) is 0.321. The number of amides is 2. The molecule has 380 valence electrons. The number of β-amino-alcohol motifs (C(OH)–C–C–N with tert-alkyl or cyclic N) is 1. The summed E-state index contributed by atoms with van der Waals surface area (Å²) in [6.45, 7) is 8.90. The lowest BCUT2D eigenvalue weighted by Gasteiger charge is -2.34. The molecule has 0 spiro atoms. The summed E-state index contributed by atoms with van der Waals surface area (Å²) in [7, 11) is 0. The van der Waals surface area contributed by atoms with Crippen LogP contribution in [0.15, 0.2) is 121 Å². The Morgan fingerprint density at radius 3 is 2.34 bits per heavy atom. The van der Waals surface area contributed by atoms with Crippen molar-refractivity contribution in [1.82, 2.24) is 25.2 Å². The fourth-order valence-corrected chi connectivity index (χ4v) is 9.59. The van der Waals surface area contributed by atoms with Crippen LogP contribution in [-0.4, -0.2) is 94.3 Å². The first-order valence-electron chi connectivity index (χ1n) is 24.0. The average molecular weight is 1030 g/mol. The van der Waals surface area contributed by atoms with Crippen LogP contribution in [0.3, 0.4) is 0 Å². The number of rotatable bonds is 22. The van der Waals surface area contributed by atoms with Gasteiger partial charge in [-0.25, -0.2) is 19.3 Å². The monoisotopic (exact) mass is 1030 g/mol. The van der Waals surface area contributed by atoms with Crippen molar-refractivity contribution in [2.45, 2.75) is 65.8 Å². The van der Waals surface area contributed by atoms with Crippen molar-refractivity contribution in [3.05, 3.63) is 149 Å². The molecule has 0 radical (unpaired) electrons. The Balaban J connectivity index is 0.747. The second-order valence-electron chi connectivity index (χ2n) is 18.9. The van der Waals surface area contributed by atoms with Gasteiger partial charge in [-0.1, -0.05) is 87.0 Å². The predicted octanol–water partition coefficient (Wildman–Crippen LogP) is 10.2. The third kappa shape index (κ3) is 14.0. The number of aliphatic hydroxyl groups is 1. The van der Waals surface area contributed by atoms with Crippen molar-refractivity contribution in [1.29, 1.82) is 0 Å². The molecule has 8 rings (SSSR count). The first-order chi connectivity index (χ1) is 35.2. The largest absolute Gasteiger partial charge is 0.491 e. The highest BCUT2D eigenvalue weighted by molar-refractivity contribution is 7.13. The van der Waals surface area contributed by atoms with E-state index in [1.807, 2.05) is 106 Å². The summed E-state index contributed by atoms with van der Waals surface area (Å²) in [6.07, 6.45) is 0.691. The van der Waals surface area contributed by atoms with Gasteiger partial charge in [-0.2, -0.15) is 0 Å². The Kier molecular flexibility index (Phi) is 17.5. The molecule has 7 aromatic rings. The lowest BCUT2D eigenvalue weighted by molar-refractivity contribution is -0.146. The number of likely N-dealkylation sites (tertiary alicyclic amines) is 1. The summed E-state index contributed by atoms with van der Waals surface area (Å²) < 4.78 is 36.7. The van der Waals surface area contributed by atoms with Crippen molar-refractivity contribution >= 4 is 62.9 Å². The number of anilines is 2. The van der Waals surface area contributed by atoms with Crippen molar-refractivity contribution < 1.29 is 42.8 Å². The van der Waals surface area contributed by atoms with Gasteiger partial charge in [0.2, 0.25) is 11.8 Å². The number of halogens is 2. The first-order valence-corrected chi connectivity index (χ1v) is 25.3. The molecule has 0 bridgehead atoms. The fourth-order valence-electron chi connectivity index (χ4n) is 8.54. The number of hydrogen-bond acceptors (Lipinski definition) is 13. The quantitative estimate of drug-likeness (QED) is 0.0549. The molecule has 0 saturated carbocycles. The minimum atomic E-state index is -0.856. The second kappa shape index (κ2) is 24.3. The van der Waals surface area contributed by atoms with Crippen LogP contribution < -0.4 is 20.1 Å². The maximum absolute atomic E-state index is 14.1. The lowest BCUT2D eigenvalue weighted by atomic mass is 9.77. The van der Waals surface area contributed by atoms with E-state index in [-0.39, 0.29) is 75.8 Å². The van der Waals surface area contributed by atoms with Gasteiger partial charge in [0.05, 0.1) is 52.5 Å². The van der Waals surface area contributed by atoms with Gasteiger partial charge in [0.1, 0.15) is 55.3 Å². The maximum atomic E-state index is 14.1. The molecule has 3 heterocycles. The molecule has 2 aromatic heterocycles. The van der Waals surface area contributed by atoms with E-state index in [0.29, 0.717) is 46.8 Å². The summed E-state index contributed by atoms with van der Waals surface area (Å²) >= 11 is 8.13. The number of aliphatic hydroxyl groups excluding tert-OH is 1. The zero-order chi connectivity index (χ0) is 51.5. The normalized spacial score (nSPS) is 15.0. The average Bonchev–Trinajstić information content (AvgIpc) is 4.00. The third-order valence-electron chi connectivity index (χ3n) is 12.5. The number of carbonyl (C=O) groups excluding carboxylic acids is 3. The van der Waals surface area contributed by atoms with E-state index in [9.17, 15) is 23.9 Å². The van der Waals surface area contributed by atoms with Gasteiger partial charge in [-0.3, -0.25) is 14.4 Å². The molecule has 0 unspecified atom stereocenters. The van der Waals surface area contributed by atoms with Crippen LogP contribution in [0.1, 0.15) is 50.4 Å². The molecule has 73 heavy (non-hydrogen) atoms. The van der Waals surface area contributed by atoms with Crippen molar-refractivity contribution in [2.75, 3.05) is 44.9 Å². The van der Waals surface area contributed by atoms with Crippen LogP contribution in [0.25, 0.3) is 32.5 Å². The molecule has 2 amide bonds. The molecule has 14 nitrogen and oxygen atoms in total. The van der Waals surface area contributed by atoms with Gasteiger partial charge in [0.25, 0.3) is 0 Å². The zero-order valence-corrected chi connectivity index (χ0v) is 42.7. The van der Waals surface area contributed by atoms with Gasteiger partial charge in [0.15, 0.2) is 5.78 Å². The highest BCUT2D eigenvalue weighted by atomic mass is 35.5. The smallest absolute Gasteiger partial charge is 0.243 e. The molecule has 0 aliphatic carbocycles. The van der Waals surface area contributed by atoms with E-state index in [1.165, 1.54) is 23.4 Å². The van der Waals surface area contributed by atoms with E-state index in [0.717, 1.165) is 43.7 Å². The number of aryl methyl sites for hydroxylation is 1. The number of carbonyl (C=O) groups is 3. The Morgan fingerprint density at radius 1 is 0.849 bits per heavy atom. The Bertz CT molecular complexity index is 3020. The number of nitrogens with one attached hydrogen (secondary N) is 2. The molecule has 1 saturated heterocycles. The van der Waals surface area contributed by atoms with E-state index < -0.39 is 23.5 Å². The van der Waals surface area contributed by atoms with E-state index in [1.54, 1.807) is 35.6 Å². The van der Waals surface area contributed by atoms with Crippen LogP contribution in [0.5, 0.6) is 11.5 Å². The topological polar surface area (TPSA) is 174 Å². The number of hydrogen-bond donors (Lipinski definition) is 3. The third-order valence-corrected chi connectivity index (χ3v) is 13.8.